The van der Waals surface area contributed by atoms with E-state index in [0.29, 0.717) is 0 Å². The maximum absolute atomic E-state index is 10.1. The summed E-state index contributed by atoms with van der Waals surface area (Å²) in [5.41, 5.74) is -0.304. The van der Waals surface area contributed by atoms with Crippen LogP contribution in [0.15, 0.2) is 30.6 Å². The molecule has 88 valence electrons. The van der Waals surface area contributed by atoms with Crippen LogP contribution in [0, 0.1) is 20.2 Å². The monoisotopic (exact) mass is 238 g/mol. The number of hydrogen-bond donors (Lipinski definition) is 1. The summed E-state index contributed by atoms with van der Waals surface area (Å²) in [7, 11) is 0. The number of non-ortho nitro benzene ring substituents is 2. The molecule has 17 heavy (non-hydrogen) atoms. The summed E-state index contributed by atoms with van der Waals surface area (Å²) >= 11 is 0. The number of aromatic nitrogens is 4. The summed E-state index contributed by atoms with van der Waals surface area (Å²) in [6, 6.07) is 4.38. The zero-order chi connectivity index (χ0) is 12.7. The first kappa shape index (κ1) is 12.2. The Morgan fingerprint density at radius 2 is 1.47 bits per heavy atom. The number of rotatable bonds is 2. The Bertz CT molecular complexity index is 431. The zero-order valence-corrected chi connectivity index (χ0v) is 8.26. The van der Waals surface area contributed by atoms with Gasteiger partial charge in [-0.05, 0) is 10.4 Å². The van der Waals surface area contributed by atoms with E-state index in [1.807, 2.05) is 0 Å². The second kappa shape index (κ2) is 5.85. The summed E-state index contributed by atoms with van der Waals surface area (Å²) in [5.74, 6) is 0. The number of H-pyrrole nitrogens is 1. The van der Waals surface area contributed by atoms with Crippen LogP contribution in [0.4, 0.5) is 11.4 Å². The van der Waals surface area contributed by atoms with Crippen LogP contribution in [0.3, 0.4) is 0 Å². The smallest absolute Gasteiger partial charge is 0.258 e. The van der Waals surface area contributed by atoms with Crippen LogP contribution in [0.2, 0.25) is 0 Å². The number of tetrazole rings is 1. The van der Waals surface area contributed by atoms with Crippen molar-refractivity contribution in [2.45, 2.75) is 0 Å². The fourth-order valence-electron chi connectivity index (χ4n) is 0.825. The fourth-order valence-corrected chi connectivity index (χ4v) is 0.825. The minimum atomic E-state index is -0.607. The molecule has 1 aromatic heterocycles. The van der Waals surface area contributed by atoms with Crippen LogP contribution in [-0.2, 0) is 0 Å². The molecule has 10 nitrogen and oxygen atoms in total. The summed E-state index contributed by atoms with van der Waals surface area (Å²) in [6.07, 6.45) is 1.40. The molecule has 0 amide bonds. The van der Waals surface area contributed by atoms with Gasteiger partial charge in [-0.15, -0.1) is 5.10 Å². The van der Waals surface area contributed by atoms with Crippen molar-refractivity contribution >= 4 is 11.4 Å². The Hall–Kier alpha value is -2.91. The van der Waals surface area contributed by atoms with E-state index in [-0.39, 0.29) is 11.4 Å². The van der Waals surface area contributed by atoms with Gasteiger partial charge in [0, 0.05) is 24.3 Å². The molecular weight excluding hydrogens is 232 g/mol. The number of nitrogens with zero attached hydrogens (tertiary/aromatic N) is 5. The lowest BCUT2D eigenvalue weighted by atomic mass is 10.3. The van der Waals surface area contributed by atoms with Crippen molar-refractivity contribution < 1.29 is 9.85 Å². The molecule has 0 aliphatic heterocycles. The first-order valence-corrected chi connectivity index (χ1v) is 4.17. The average Bonchev–Trinajstić information content (AvgIpc) is 2.87. The van der Waals surface area contributed by atoms with Gasteiger partial charge in [0.05, 0.1) is 9.85 Å². The van der Waals surface area contributed by atoms with Gasteiger partial charge in [-0.1, -0.05) is 0 Å². The van der Waals surface area contributed by atoms with E-state index in [9.17, 15) is 20.2 Å². The first-order chi connectivity index (χ1) is 8.11. The van der Waals surface area contributed by atoms with Crippen LogP contribution in [0.1, 0.15) is 0 Å². The number of nitro groups is 2. The summed E-state index contributed by atoms with van der Waals surface area (Å²) in [5, 5.41) is 32.3. The molecule has 0 atom stereocenters. The van der Waals surface area contributed by atoms with Gasteiger partial charge in [0.1, 0.15) is 6.33 Å². The molecule has 0 radical (unpaired) electrons. The molecular formula is C7H6N6O4. The van der Waals surface area contributed by atoms with Crippen LogP contribution in [0.25, 0.3) is 0 Å². The third kappa shape index (κ3) is 3.99. The lowest BCUT2D eigenvalue weighted by Gasteiger charge is -1.90. The average molecular weight is 238 g/mol. The summed E-state index contributed by atoms with van der Waals surface area (Å²) in [6.45, 7) is 0. The molecule has 0 bridgehead atoms. The highest BCUT2D eigenvalue weighted by molar-refractivity contribution is 5.39. The lowest BCUT2D eigenvalue weighted by Crippen LogP contribution is -1.90. The highest BCUT2D eigenvalue weighted by Crippen LogP contribution is 2.16. The van der Waals surface area contributed by atoms with Gasteiger partial charge < -0.3 is 0 Å². The molecule has 10 heteroatoms. The highest BCUT2D eigenvalue weighted by atomic mass is 16.6. The van der Waals surface area contributed by atoms with E-state index in [4.69, 9.17) is 0 Å². The van der Waals surface area contributed by atoms with Gasteiger partial charge in [0.15, 0.2) is 0 Å². The Morgan fingerprint density at radius 1 is 1.00 bits per heavy atom. The number of nitrogens with one attached hydrogen (secondary N) is 1. The van der Waals surface area contributed by atoms with Gasteiger partial charge in [-0.25, -0.2) is 5.10 Å². The molecule has 0 spiro atoms. The molecule has 0 aliphatic rings. The Labute approximate surface area is 93.6 Å². The third-order valence-electron chi connectivity index (χ3n) is 1.54. The van der Waals surface area contributed by atoms with E-state index < -0.39 is 9.85 Å². The summed E-state index contributed by atoms with van der Waals surface area (Å²) in [4.78, 5) is 19.0. The van der Waals surface area contributed by atoms with Crippen LogP contribution >= 0.6 is 0 Å². The van der Waals surface area contributed by atoms with Crippen molar-refractivity contribution in [3.05, 3.63) is 50.8 Å². The van der Waals surface area contributed by atoms with Crippen molar-refractivity contribution in [2.24, 2.45) is 0 Å². The predicted molar refractivity (Wildman–Crippen MR) is 53.9 cm³/mol. The molecule has 0 fully saturated rings. The maximum Gasteiger partial charge on any atom is 0.269 e. The van der Waals surface area contributed by atoms with E-state index in [1.54, 1.807) is 0 Å². The van der Waals surface area contributed by atoms with Gasteiger partial charge >= 0.3 is 0 Å². The molecule has 1 heterocycles. The molecule has 0 saturated carbocycles. The molecule has 0 unspecified atom stereocenters. The summed E-state index contributed by atoms with van der Waals surface area (Å²) < 4.78 is 0. The van der Waals surface area contributed by atoms with E-state index in [1.165, 1.54) is 6.33 Å². The van der Waals surface area contributed by atoms with Gasteiger partial charge in [-0.2, -0.15) is 0 Å². The number of benzene rings is 1. The van der Waals surface area contributed by atoms with Crippen LogP contribution in [-0.4, -0.2) is 30.5 Å². The van der Waals surface area contributed by atoms with Crippen LogP contribution in [0.5, 0.6) is 0 Å². The van der Waals surface area contributed by atoms with Gasteiger partial charge in [-0.3, -0.25) is 20.2 Å². The number of hydrogen-bond acceptors (Lipinski definition) is 7. The number of aromatic amines is 1. The van der Waals surface area contributed by atoms with Crippen molar-refractivity contribution in [1.82, 2.24) is 20.6 Å². The predicted octanol–water partition coefficient (Wildman–Crippen LogP) is 0.703. The first-order valence-electron chi connectivity index (χ1n) is 4.17. The second-order valence-corrected chi connectivity index (χ2v) is 2.59. The molecule has 2 rings (SSSR count). The SMILES string of the molecule is O=[N+]([O-])c1ccc([N+](=O)[O-])cc1.c1nnn[nH]1. The quantitative estimate of drug-likeness (QED) is 0.599. The zero-order valence-electron chi connectivity index (χ0n) is 8.26. The largest absolute Gasteiger partial charge is 0.269 e. The Morgan fingerprint density at radius 3 is 1.65 bits per heavy atom. The molecule has 2 aromatic rings. The molecule has 0 aliphatic carbocycles. The number of nitro benzene ring substituents is 2. The second-order valence-electron chi connectivity index (χ2n) is 2.59. The highest BCUT2D eigenvalue weighted by Gasteiger charge is 2.08. The standard InChI is InChI=1S/C6H4N2O4.CH2N4/c9-7(10)5-1-2-6(4-3-5)8(11)12;1-2-4-5-3-1/h1-4H;1H,(H,2,3,4,5). The minimum absolute atomic E-state index is 0.152. The lowest BCUT2D eigenvalue weighted by molar-refractivity contribution is -0.389. The van der Waals surface area contributed by atoms with Crippen molar-refractivity contribution in [3.8, 4) is 0 Å². The van der Waals surface area contributed by atoms with E-state index in [0.717, 1.165) is 24.3 Å². The third-order valence-corrected chi connectivity index (χ3v) is 1.54. The minimum Gasteiger partial charge on any atom is -0.258 e. The van der Waals surface area contributed by atoms with Gasteiger partial charge in [0.2, 0.25) is 0 Å². The maximum atomic E-state index is 10.1. The topological polar surface area (TPSA) is 141 Å². The normalized spacial score (nSPS) is 8.94. The van der Waals surface area contributed by atoms with Crippen molar-refractivity contribution in [2.75, 3.05) is 0 Å². The van der Waals surface area contributed by atoms with E-state index >= 15 is 0 Å². The molecule has 0 saturated heterocycles. The van der Waals surface area contributed by atoms with Crippen molar-refractivity contribution in [3.63, 3.8) is 0 Å². The van der Waals surface area contributed by atoms with Gasteiger partial charge in [0.25, 0.3) is 11.4 Å². The van der Waals surface area contributed by atoms with Crippen LogP contribution < -0.4 is 0 Å². The Kier molecular flexibility index (Phi) is 4.18. The molecule has 1 N–H and O–H groups in total. The Balaban J connectivity index is 0.000000239. The van der Waals surface area contributed by atoms with Crippen molar-refractivity contribution in [1.29, 1.82) is 0 Å². The van der Waals surface area contributed by atoms with E-state index in [2.05, 4.69) is 20.6 Å². The fraction of sp³-hybridized carbons (Fsp3) is 0. The molecule has 1 aromatic carbocycles.